The molecule has 0 atom stereocenters. The molecular weight excluding hydrogens is 315 g/mol. The Bertz CT molecular complexity index is 810. The second-order valence-corrected chi connectivity index (χ2v) is 7.48. The van der Waals surface area contributed by atoms with Gasteiger partial charge in [-0.1, -0.05) is 29.8 Å². The molecule has 0 radical (unpaired) electrons. The molecule has 0 N–H and O–H groups in total. The zero-order chi connectivity index (χ0) is 15.7. The average Bonchev–Trinajstić information content (AvgIpc) is 2.81. The van der Waals surface area contributed by atoms with Gasteiger partial charge in [0.2, 0.25) is 0 Å². The van der Waals surface area contributed by atoms with Gasteiger partial charge in [-0.25, -0.2) is 9.97 Å². The first-order chi connectivity index (χ1) is 10.6. The van der Waals surface area contributed by atoms with Crippen LogP contribution in [0.25, 0.3) is 21.3 Å². The molecule has 0 fully saturated rings. The van der Waals surface area contributed by atoms with E-state index in [1.807, 2.05) is 6.92 Å². The first kappa shape index (κ1) is 15.4. The number of fused-ring (bicyclic) bond motifs is 1. The molecule has 0 saturated carbocycles. The Morgan fingerprint density at radius 2 is 1.82 bits per heavy atom. The van der Waals surface area contributed by atoms with Crippen molar-refractivity contribution in [1.82, 2.24) is 9.97 Å². The summed E-state index contributed by atoms with van der Waals surface area (Å²) in [5.74, 6) is 1.17. The van der Waals surface area contributed by atoms with E-state index in [0.29, 0.717) is 5.75 Å². The smallest absolute Gasteiger partial charge is 0.129 e. The second kappa shape index (κ2) is 6.34. The van der Waals surface area contributed by atoms with Crippen LogP contribution in [0.4, 0.5) is 4.39 Å². The van der Waals surface area contributed by atoms with Crippen molar-refractivity contribution >= 4 is 33.3 Å². The fraction of sp³-hybridized carbons (Fsp3) is 0.294. The average molecular weight is 332 g/mol. The number of rotatable bonds is 4. The Balaban J connectivity index is 2.24. The van der Waals surface area contributed by atoms with Gasteiger partial charge in [-0.05, 0) is 26.3 Å². The summed E-state index contributed by atoms with van der Waals surface area (Å²) in [5.41, 5.74) is 3.59. The standard InChI is InChI=1S/C17H17FN2S2/c1-10-4-6-13(7-5-10)14-11(2)22-17-15(14)16(21-9-8-18)19-12(3)20-17/h4-7H,8-9H2,1-3H3. The molecule has 0 aliphatic carbocycles. The molecule has 0 bridgehead atoms. The lowest BCUT2D eigenvalue weighted by molar-refractivity contribution is 0.532. The van der Waals surface area contributed by atoms with Crippen molar-refractivity contribution in [3.63, 3.8) is 0 Å². The molecule has 22 heavy (non-hydrogen) atoms. The van der Waals surface area contributed by atoms with Crippen LogP contribution in [-0.2, 0) is 0 Å². The van der Waals surface area contributed by atoms with Crippen LogP contribution in [0.3, 0.4) is 0 Å². The van der Waals surface area contributed by atoms with E-state index in [1.54, 1.807) is 11.3 Å². The lowest BCUT2D eigenvalue weighted by Gasteiger charge is -2.07. The number of benzene rings is 1. The summed E-state index contributed by atoms with van der Waals surface area (Å²) in [5, 5.41) is 1.95. The van der Waals surface area contributed by atoms with Gasteiger partial charge in [0, 0.05) is 16.2 Å². The van der Waals surface area contributed by atoms with Gasteiger partial charge in [-0.2, -0.15) is 0 Å². The Kier molecular flexibility index (Phi) is 4.45. The number of aromatic nitrogens is 2. The van der Waals surface area contributed by atoms with E-state index in [1.165, 1.54) is 33.3 Å². The van der Waals surface area contributed by atoms with Crippen molar-refractivity contribution in [3.8, 4) is 11.1 Å². The van der Waals surface area contributed by atoms with Crippen LogP contribution >= 0.6 is 23.1 Å². The predicted molar refractivity (Wildman–Crippen MR) is 93.8 cm³/mol. The van der Waals surface area contributed by atoms with Crippen molar-refractivity contribution in [2.24, 2.45) is 0 Å². The highest BCUT2D eigenvalue weighted by Crippen LogP contribution is 2.41. The fourth-order valence-corrected chi connectivity index (χ4v) is 4.45. The maximum Gasteiger partial charge on any atom is 0.129 e. The number of halogens is 1. The number of aryl methyl sites for hydroxylation is 3. The van der Waals surface area contributed by atoms with Gasteiger partial charge in [0.15, 0.2) is 0 Å². The number of thiophene rings is 1. The Labute approximate surface area is 137 Å². The summed E-state index contributed by atoms with van der Waals surface area (Å²) < 4.78 is 12.6. The molecule has 114 valence electrons. The lowest BCUT2D eigenvalue weighted by Crippen LogP contribution is -1.93. The lowest BCUT2D eigenvalue weighted by atomic mass is 10.0. The van der Waals surface area contributed by atoms with E-state index in [4.69, 9.17) is 0 Å². The monoisotopic (exact) mass is 332 g/mol. The van der Waals surface area contributed by atoms with Gasteiger partial charge >= 0.3 is 0 Å². The summed E-state index contributed by atoms with van der Waals surface area (Å²) in [7, 11) is 0. The van der Waals surface area contributed by atoms with Gasteiger partial charge < -0.3 is 0 Å². The molecule has 0 unspecified atom stereocenters. The summed E-state index contributed by atoms with van der Waals surface area (Å²) in [6.07, 6.45) is 0. The zero-order valence-corrected chi connectivity index (χ0v) is 14.4. The highest BCUT2D eigenvalue weighted by atomic mass is 32.2. The van der Waals surface area contributed by atoms with Crippen LogP contribution in [-0.4, -0.2) is 22.4 Å². The second-order valence-electron chi connectivity index (χ2n) is 5.19. The molecule has 2 aromatic heterocycles. The van der Waals surface area contributed by atoms with E-state index < -0.39 is 0 Å². The Morgan fingerprint density at radius 1 is 1.09 bits per heavy atom. The number of hydrogen-bond acceptors (Lipinski definition) is 4. The quantitative estimate of drug-likeness (QED) is 0.476. The molecule has 0 amide bonds. The van der Waals surface area contributed by atoms with Gasteiger partial charge in [0.1, 0.15) is 15.7 Å². The first-order valence-electron chi connectivity index (χ1n) is 7.13. The van der Waals surface area contributed by atoms with Crippen LogP contribution in [0.15, 0.2) is 29.3 Å². The number of alkyl halides is 1. The predicted octanol–water partition coefficient (Wildman–Crippen LogP) is 5.35. The van der Waals surface area contributed by atoms with Crippen LogP contribution < -0.4 is 0 Å². The molecule has 0 saturated heterocycles. The highest BCUT2D eigenvalue weighted by molar-refractivity contribution is 7.99. The number of hydrogen-bond donors (Lipinski definition) is 0. The van der Waals surface area contributed by atoms with Gasteiger partial charge in [0.25, 0.3) is 0 Å². The maximum absolute atomic E-state index is 12.6. The summed E-state index contributed by atoms with van der Waals surface area (Å²) in [4.78, 5) is 11.3. The SMILES string of the molecule is Cc1ccc(-c2c(C)sc3nc(C)nc(SCCF)c23)cc1. The third kappa shape index (κ3) is 2.88. The largest absolute Gasteiger partial charge is 0.250 e. The minimum Gasteiger partial charge on any atom is -0.250 e. The topological polar surface area (TPSA) is 25.8 Å². The summed E-state index contributed by atoms with van der Waals surface area (Å²) in [6, 6.07) is 8.49. The molecule has 2 nitrogen and oxygen atoms in total. The zero-order valence-electron chi connectivity index (χ0n) is 12.8. The summed E-state index contributed by atoms with van der Waals surface area (Å²) >= 11 is 3.15. The van der Waals surface area contributed by atoms with Crippen LogP contribution in [0, 0.1) is 20.8 Å². The molecule has 3 aromatic rings. The maximum atomic E-state index is 12.6. The number of thioether (sulfide) groups is 1. The first-order valence-corrected chi connectivity index (χ1v) is 8.94. The summed E-state index contributed by atoms with van der Waals surface area (Å²) in [6.45, 7) is 5.73. The highest BCUT2D eigenvalue weighted by Gasteiger charge is 2.17. The third-order valence-electron chi connectivity index (χ3n) is 3.46. The Morgan fingerprint density at radius 3 is 2.50 bits per heavy atom. The molecular formula is C17H17FN2S2. The van der Waals surface area contributed by atoms with E-state index in [-0.39, 0.29) is 6.67 Å². The molecule has 0 aliphatic heterocycles. The molecule has 0 aliphatic rings. The molecule has 2 heterocycles. The van der Waals surface area contributed by atoms with Crippen molar-refractivity contribution in [2.75, 3.05) is 12.4 Å². The van der Waals surface area contributed by atoms with E-state index >= 15 is 0 Å². The van der Waals surface area contributed by atoms with E-state index in [9.17, 15) is 4.39 Å². The van der Waals surface area contributed by atoms with Crippen molar-refractivity contribution in [2.45, 2.75) is 25.8 Å². The molecule has 5 heteroatoms. The normalized spacial score (nSPS) is 11.3. The Hall–Kier alpha value is -1.46. The van der Waals surface area contributed by atoms with Gasteiger partial charge in [-0.15, -0.1) is 23.1 Å². The minimum absolute atomic E-state index is 0.349. The van der Waals surface area contributed by atoms with E-state index in [0.717, 1.165) is 21.1 Å². The van der Waals surface area contributed by atoms with Crippen LogP contribution in [0.5, 0.6) is 0 Å². The van der Waals surface area contributed by atoms with Crippen molar-refractivity contribution in [1.29, 1.82) is 0 Å². The molecule has 0 spiro atoms. The molecule has 3 rings (SSSR count). The minimum atomic E-state index is -0.349. The van der Waals surface area contributed by atoms with Crippen LogP contribution in [0.1, 0.15) is 16.3 Å². The number of nitrogens with zero attached hydrogens (tertiary/aromatic N) is 2. The molecule has 1 aromatic carbocycles. The van der Waals surface area contributed by atoms with Crippen molar-refractivity contribution < 1.29 is 4.39 Å². The van der Waals surface area contributed by atoms with Gasteiger partial charge in [0.05, 0.1) is 12.1 Å². The van der Waals surface area contributed by atoms with Gasteiger partial charge in [-0.3, -0.25) is 4.39 Å². The van der Waals surface area contributed by atoms with Crippen molar-refractivity contribution in [3.05, 3.63) is 40.5 Å². The third-order valence-corrected chi connectivity index (χ3v) is 5.39. The van der Waals surface area contributed by atoms with E-state index in [2.05, 4.69) is 48.1 Å². The fourth-order valence-electron chi connectivity index (χ4n) is 2.49. The van der Waals surface area contributed by atoms with Crippen LogP contribution in [0.2, 0.25) is 0 Å².